The average molecular weight is 220 g/mol. The number of anilines is 2. The number of ether oxygens (including phenoxy) is 1. The first-order valence-electron chi connectivity index (χ1n) is 5.52. The first-order chi connectivity index (χ1) is 7.78. The van der Waals surface area contributed by atoms with Crippen molar-refractivity contribution >= 4 is 17.3 Å². The number of carbonyl (C=O) groups is 1. The highest BCUT2D eigenvalue weighted by atomic mass is 16.5. The maximum absolute atomic E-state index is 11.2. The average Bonchev–Trinajstić information content (AvgIpc) is 2.25. The third-order valence-electron chi connectivity index (χ3n) is 2.50. The number of amides is 1. The molecule has 0 atom stereocenters. The minimum absolute atomic E-state index is 0.0353. The monoisotopic (exact) mass is 220 g/mol. The van der Waals surface area contributed by atoms with Crippen LogP contribution in [-0.4, -0.2) is 25.2 Å². The molecule has 1 amide bonds. The van der Waals surface area contributed by atoms with Crippen LogP contribution in [-0.2, 0) is 9.53 Å². The van der Waals surface area contributed by atoms with Crippen molar-refractivity contribution in [2.45, 2.75) is 19.4 Å². The summed E-state index contributed by atoms with van der Waals surface area (Å²) in [5.41, 5.74) is 1.89. The molecule has 0 unspecified atom stereocenters. The molecular formula is C12H16N2O2. The maximum Gasteiger partial charge on any atom is 0.224 e. The fraction of sp³-hybridized carbons (Fsp3) is 0.417. The van der Waals surface area contributed by atoms with E-state index in [0.29, 0.717) is 12.5 Å². The molecule has 86 valence electrons. The van der Waals surface area contributed by atoms with Gasteiger partial charge in [-0.05, 0) is 24.3 Å². The van der Waals surface area contributed by atoms with Gasteiger partial charge in [0, 0.05) is 17.8 Å². The van der Waals surface area contributed by atoms with Crippen LogP contribution in [0.4, 0.5) is 11.4 Å². The van der Waals surface area contributed by atoms with Crippen molar-refractivity contribution in [3.05, 3.63) is 24.3 Å². The zero-order valence-electron chi connectivity index (χ0n) is 9.32. The fourth-order valence-corrected chi connectivity index (χ4v) is 1.45. The van der Waals surface area contributed by atoms with Crippen LogP contribution < -0.4 is 10.6 Å². The van der Waals surface area contributed by atoms with Crippen molar-refractivity contribution in [3.63, 3.8) is 0 Å². The molecule has 0 radical (unpaired) electrons. The Balaban J connectivity index is 1.90. The zero-order chi connectivity index (χ0) is 11.4. The molecule has 1 aliphatic rings. The SMILES string of the molecule is CCC(=O)Nc1ccc(NC2COC2)cc1. The van der Waals surface area contributed by atoms with E-state index in [2.05, 4.69) is 10.6 Å². The van der Waals surface area contributed by atoms with Crippen LogP contribution in [0.3, 0.4) is 0 Å². The van der Waals surface area contributed by atoms with E-state index in [9.17, 15) is 4.79 Å². The molecule has 0 aliphatic carbocycles. The lowest BCUT2D eigenvalue weighted by atomic mass is 10.2. The van der Waals surface area contributed by atoms with Gasteiger partial charge < -0.3 is 15.4 Å². The van der Waals surface area contributed by atoms with E-state index >= 15 is 0 Å². The van der Waals surface area contributed by atoms with Crippen LogP contribution >= 0.6 is 0 Å². The van der Waals surface area contributed by atoms with E-state index in [4.69, 9.17) is 4.74 Å². The van der Waals surface area contributed by atoms with Crippen molar-refractivity contribution in [3.8, 4) is 0 Å². The largest absolute Gasteiger partial charge is 0.378 e. The lowest BCUT2D eigenvalue weighted by molar-refractivity contribution is -0.115. The first kappa shape index (κ1) is 11.0. The molecule has 1 aromatic rings. The van der Waals surface area contributed by atoms with E-state index in [-0.39, 0.29) is 5.91 Å². The molecule has 1 aromatic carbocycles. The van der Waals surface area contributed by atoms with Crippen molar-refractivity contribution in [2.75, 3.05) is 23.8 Å². The molecule has 1 saturated heterocycles. The Morgan fingerprint density at radius 2 is 1.94 bits per heavy atom. The number of hydrogen-bond donors (Lipinski definition) is 2. The standard InChI is InChI=1S/C12H16N2O2/c1-2-12(15)14-10-5-3-9(4-6-10)13-11-7-16-8-11/h3-6,11,13H,2,7-8H2,1H3,(H,14,15). The summed E-state index contributed by atoms with van der Waals surface area (Å²) >= 11 is 0. The van der Waals surface area contributed by atoms with Crippen LogP contribution in [0.15, 0.2) is 24.3 Å². The second kappa shape index (κ2) is 4.99. The number of rotatable bonds is 4. The first-order valence-corrected chi connectivity index (χ1v) is 5.52. The summed E-state index contributed by atoms with van der Waals surface area (Å²) < 4.78 is 5.08. The highest BCUT2D eigenvalue weighted by Crippen LogP contribution is 2.16. The number of benzene rings is 1. The van der Waals surface area contributed by atoms with Gasteiger partial charge in [-0.1, -0.05) is 6.92 Å². The van der Waals surface area contributed by atoms with Crippen LogP contribution in [0.2, 0.25) is 0 Å². The topological polar surface area (TPSA) is 50.4 Å². The summed E-state index contributed by atoms with van der Waals surface area (Å²) in [6, 6.07) is 8.15. The van der Waals surface area contributed by atoms with E-state index < -0.39 is 0 Å². The fourth-order valence-electron chi connectivity index (χ4n) is 1.45. The van der Waals surface area contributed by atoms with Gasteiger partial charge in [0.05, 0.1) is 19.3 Å². The Morgan fingerprint density at radius 1 is 1.31 bits per heavy atom. The Morgan fingerprint density at radius 3 is 2.44 bits per heavy atom. The summed E-state index contributed by atoms with van der Waals surface area (Å²) in [7, 11) is 0. The molecule has 0 aromatic heterocycles. The molecule has 2 rings (SSSR count). The van der Waals surface area contributed by atoms with E-state index in [0.717, 1.165) is 24.6 Å². The Bertz CT molecular complexity index is 358. The molecule has 0 bridgehead atoms. The molecular weight excluding hydrogens is 204 g/mol. The summed E-state index contributed by atoms with van der Waals surface area (Å²) in [5, 5.41) is 6.14. The normalized spacial score (nSPS) is 15.3. The molecule has 1 heterocycles. The molecule has 0 saturated carbocycles. The van der Waals surface area contributed by atoms with Gasteiger partial charge in [0.15, 0.2) is 0 Å². The van der Waals surface area contributed by atoms with Crippen molar-refractivity contribution in [2.24, 2.45) is 0 Å². The summed E-state index contributed by atoms with van der Waals surface area (Å²) in [4.78, 5) is 11.2. The predicted molar refractivity (Wildman–Crippen MR) is 63.6 cm³/mol. The molecule has 2 N–H and O–H groups in total. The van der Waals surface area contributed by atoms with E-state index in [1.807, 2.05) is 31.2 Å². The summed E-state index contributed by atoms with van der Waals surface area (Å²) in [6.07, 6.45) is 0.499. The van der Waals surface area contributed by atoms with Crippen LogP contribution in [0.1, 0.15) is 13.3 Å². The molecule has 0 spiro atoms. The summed E-state index contributed by atoms with van der Waals surface area (Å²) in [5.74, 6) is 0.0353. The zero-order valence-corrected chi connectivity index (χ0v) is 9.32. The van der Waals surface area contributed by atoms with Crippen LogP contribution in [0, 0.1) is 0 Å². The van der Waals surface area contributed by atoms with Crippen LogP contribution in [0.25, 0.3) is 0 Å². The van der Waals surface area contributed by atoms with Crippen molar-refractivity contribution < 1.29 is 9.53 Å². The number of carbonyl (C=O) groups excluding carboxylic acids is 1. The van der Waals surface area contributed by atoms with Crippen molar-refractivity contribution in [1.82, 2.24) is 0 Å². The van der Waals surface area contributed by atoms with Crippen molar-refractivity contribution in [1.29, 1.82) is 0 Å². The maximum atomic E-state index is 11.2. The van der Waals surface area contributed by atoms with Gasteiger partial charge in [-0.3, -0.25) is 4.79 Å². The number of nitrogens with one attached hydrogen (secondary N) is 2. The minimum atomic E-state index is 0.0353. The second-order valence-electron chi connectivity index (χ2n) is 3.86. The predicted octanol–water partition coefficient (Wildman–Crippen LogP) is 1.85. The van der Waals surface area contributed by atoms with Gasteiger partial charge in [0.25, 0.3) is 0 Å². The third-order valence-corrected chi connectivity index (χ3v) is 2.50. The van der Waals surface area contributed by atoms with Gasteiger partial charge in [-0.15, -0.1) is 0 Å². The lowest BCUT2D eigenvalue weighted by Gasteiger charge is -2.27. The van der Waals surface area contributed by atoms with Gasteiger partial charge >= 0.3 is 0 Å². The highest BCUT2D eigenvalue weighted by Gasteiger charge is 2.17. The Labute approximate surface area is 95.0 Å². The molecule has 1 aliphatic heterocycles. The van der Waals surface area contributed by atoms with E-state index in [1.54, 1.807) is 0 Å². The number of hydrogen-bond acceptors (Lipinski definition) is 3. The molecule has 1 fully saturated rings. The highest BCUT2D eigenvalue weighted by molar-refractivity contribution is 5.90. The smallest absolute Gasteiger partial charge is 0.224 e. The minimum Gasteiger partial charge on any atom is -0.378 e. The molecule has 4 nitrogen and oxygen atoms in total. The Hall–Kier alpha value is -1.55. The quantitative estimate of drug-likeness (QED) is 0.814. The molecule has 4 heteroatoms. The summed E-state index contributed by atoms with van der Waals surface area (Å²) in [6.45, 7) is 3.38. The lowest BCUT2D eigenvalue weighted by Crippen LogP contribution is -2.40. The van der Waals surface area contributed by atoms with E-state index in [1.165, 1.54) is 0 Å². The Kier molecular flexibility index (Phi) is 3.41. The molecule has 16 heavy (non-hydrogen) atoms. The van der Waals surface area contributed by atoms with Crippen LogP contribution in [0.5, 0.6) is 0 Å². The van der Waals surface area contributed by atoms with Gasteiger partial charge in [-0.25, -0.2) is 0 Å². The van der Waals surface area contributed by atoms with Gasteiger partial charge in [0.1, 0.15) is 0 Å². The van der Waals surface area contributed by atoms with Gasteiger partial charge in [-0.2, -0.15) is 0 Å². The second-order valence-corrected chi connectivity index (χ2v) is 3.86. The third kappa shape index (κ3) is 2.73. The van der Waals surface area contributed by atoms with Gasteiger partial charge in [0.2, 0.25) is 5.91 Å².